The van der Waals surface area contributed by atoms with Gasteiger partial charge in [-0.25, -0.2) is 0 Å². The van der Waals surface area contributed by atoms with Crippen molar-refractivity contribution >= 4 is 23.1 Å². The SMILES string of the molecule is CC(C)N(CCC(=O)NC1CC1)CC(N)=S. The van der Waals surface area contributed by atoms with Crippen LogP contribution >= 0.6 is 12.2 Å². The highest BCUT2D eigenvalue weighted by Crippen LogP contribution is 2.18. The van der Waals surface area contributed by atoms with E-state index in [9.17, 15) is 4.79 Å². The van der Waals surface area contributed by atoms with E-state index >= 15 is 0 Å². The van der Waals surface area contributed by atoms with Crippen LogP contribution in [0.3, 0.4) is 0 Å². The zero-order chi connectivity index (χ0) is 12.1. The van der Waals surface area contributed by atoms with Crippen LogP contribution in [0.2, 0.25) is 0 Å². The van der Waals surface area contributed by atoms with E-state index < -0.39 is 0 Å². The summed E-state index contributed by atoms with van der Waals surface area (Å²) in [6.07, 6.45) is 2.79. The predicted molar refractivity (Wildman–Crippen MR) is 69.3 cm³/mol. The zero-order valence-electron chi connectivity index (χ0n) is 10.0. The average molecular weight is 243 g/mol. The number of carbonyl (C=O) groups excluding carboxylic acids is 1. The number of nitrogens with one attached hydrogen (secondary N) is 1. The Balaban J connectivity index is 2.24. The number of nitrogens with two attached hydrogens (primary N) is 1. The lowest BCUT2D eigenvalue weighted by Gasteiger charge is -2.25. The first-order chi connectivity index (χ1) is 7.49. The van der Waals surface area contributed by atoms with Crippen LogP contribution in [0.25, 0.3) is 0 Å². The fourth-order valence-corrected chi connectivity index (χ4v) is 1.66. The molecule has 1 amide bonds. The van der Waals surface area contributed by atoms with Gasteiger partial charge in [0.05, 0.1) is 4.99 Å². The molecule has 0 heterocycles. The van der Waals surface area contributed by atoms with Crippen molar-refractivity contribution in [3.05, 3.63) is 0 Å². The number of carbonyl (C=O) groups is 1. The van der Waals surface area contributed by atoms with E-state index in [1.807, 2.05) is 0 Å². The molecule has 1 aliphatic carbocycles. The maximum atomic E-state index is 11.5. The second kappa shape index (κ2) is 6.15. The van der Waals surface area contributed by atoms with Crippen LogP contribution in [0, 0.1) is 0 Å². The van der Waals surface area contributed by atoms with Crippen molar-refractivity contribution < 1.29 is 4.79 Å². The van der Waals surface area contributed by atoms with E-state index in [1.165, 1.54) is 0 Å². The lowest BCUT2D eigenvalue weighted by molar-refractivity contribution is -0.121. The van der Waals surface area contributed by atoms with Gasteiger partial charge >= 0.3 is 0 Å². The van der Waals surface area contributed by atoms with Crippen LogP contribution in [0.15, 0.2) is 0 Å². The van der Waals surface area contributed by atoms with Gasteiger partial charge in [-0.1, -0.05) is 12.2 Å². The maximum absolute atomic E-state index is 11.5. The third kappa shape index (κ3) is 5.42. The Morgan fingerprint density at radius 1 is 1.56 bits per heavy atom. The fraction of sp³-hybridized carbons (Fsp3) is 0.818. The second-order valence-corrected chi connectivity index (χ2v) is 5.15. The van der Waals surface area contributed by atoms with Crippen molar-refractivity contribution in [3.63, 3.8) is 0 Å². The quantitative estimate of drug-likeness (QED) is 0.645. The van der Waals surface area contributed by atoms with Gasteiger partial charge in [-0.3, -0.25) is 9.69 Å². The highest BCUT2D eigenvalue weighted by Gasteiger charge is 2.23. The van der Waals surface area contributed by atoms with Crippen LogP contribution in [-0.2, 0) is 4.79 Å². The molecule has 0 radical (unpaired) electrons. The van der Waals surface area contributed by atoms with Crippen LogP contribution in [0.1, 0.15) is 33.1 Å². The first kappa shape index (κ1) is 13.4. The van der Waals surface area contributed by atoms with Crippen molar-refractivity contribution in [2.24, 2.45) is 5.73 Å². The number of hydrogen-bond donors (Lipinski definition) is 2. The van der Waals surface area contributed by atoms with Gasteiger partial charge in [0, 0.05) is 31.6 Å². The summed E-state index contributed by atoms with van der Waals surface area (Å²) in [5.74, 6) is 0.135. The Hall–Kier alpha value is -0.680. The van der Waals surface area contributed by atoms with E-state index in [0.717, 1.165) is 12.8 Å². The average Bonchev–Trinajstić information content (AvgIpc) is 2.95. The molecule has 0 bridgehead atoms. The maximum Gasteiger partial charge on any atom is 0.221 e. The van der Waals surface area contributed by atoms with Gasteiger partial charge in [0.1, 0.15) is 0 Å². The summed E-state index contributed by atoms with van der Waals surface area (Å²) in [7, 11) is 0. The Morgan fingerprint density at radius 3 is 2.62 bits per heavy atom. The monoisotopic (exact) mass is 243 g/mol. The number of amides is 1. The van der Waals surface area contributed by atoms with E-state index in [1.54, 1.807) is 0 Å². The lowest BCUT2D eigenvalue weighted by atomic mass is 10.2. The number of nitrogens with zero attached hydrogens (tertiary/aromatic N) is 1. The molecule has 0 aromatic rings. The fourth-order valence-electron chi connectivity index (χ4n) is 1.49. The van der Waals surface area contributed by atoms with E-state index in [4.69, 9.17) is 18.0 Å². The molecule has 1 fully saturated rings. The van der Waals surface area contributed by atoms with Gasteiger partial charge in [-0.05, 0) is 26.7 Å². The van der Waals surface area contributed by atoms with Crippen molar-refractivity contribution in [1.29, 1.82) is 0 Å². The molecule has 0 saturated heterocycles. The summed E-state index contributed by atoms with van der Waals surface area (Å²) in [5.41, 5.74) is 5.52. The molecule has 0 aromatic carbocycles. The van der Waals surface area contributed by atoms with E-state index in [0.29, 0.717) is 36.6 Å². The van der Waals surface area contributed by atoms with Gasteiger partial charge in [-0.15, -0.1) is 0 Å². The molecule has 0 atom stereocenters. The molecule has 0 spiro atoms. The van der Waals surface area contributed by atoms with Gasteiger partial charge < -0.3 is 11.1 Å². The highest BCUT2D eigenvalue weighted by atomic mass is 32.1. The Morgan fingerprint density at radius 2 is 2.19 bits per heavy atom. The van der Waals surface area contributed by atoms with Crippen molar-refractivity contribution in [2.75, 3.05) is 13.1 Å². The molecule has 0 unspecified atom stereocenters. The third-order valence-corrected chi connectivity index (χ3v) is 2.79. The largest absolute Gasteiger partial charge is 0.392 e. The minimum absolute atomic E-state index is 0.135. The molecule has 0 aromatic heterocycles. The Bertz CT molecular complexity index is 264. The van der Waals surface area contributed by atoms with E-state index in [-0.39, 0.29) is 5.91 Å². The summed E-state index contributed by atoms with van der Waals surface area (Å²) in [5, 5.41) is 2.97. The molecule has 4 nitrogen and oxygen atoms in total. The summed E-state index contributed by atoms with van der Waals surface area (Å²) in [4.78, 5) is 14.1. The molecular weight excluding hydrogens is 222 g/mol. The van der Waals surface area contributed by atoms with Crippen LogP contribution in [0.4, 0.5) is 0 Å². The number of rotatable bonds is 7. The minimum Gasteiger partial charge on any atom is -0.392 e. The molecule has 3 N–H and O–H groups in total. The van der Waals surface area contributed by atoms with Crippen LogP contribution in [-0.4, -0.2) is 41.0 Å². The predicted octanol–water partition coefficient (Wildman–Crippen LogP) is 0.652. The van der Waals surface area contributed by atoms with Crippen LogP contribution in [0.5, 0.6) is 0 Å². The molecule has 1 aliphatic rings. The minimum atomic E-state index is 0.135. The first-order valence-electron chi connectivity index (χ1n) is 5.80. The third-order valence-electron chi connectivity index (χ3n) is 2.66. The van der Waals surface area contributed by atoms with Gasteiger partial charge in [0.2, 0.25) is 5.91 Å². The van der Waals surface area contributed by atoms with Crippen molar-refractivity contribution in [2.45, 2.75) is 45.2 Å². The topological polar surface area (TPSA) is 58.4 Å². The lowest BCUT2D eigenvalue weighted by Crippen LogP contribution is -2.40. The smallest absolute Gasteiger partial charge is 0.221 e. The number of thiocarbonyl (C=S) groups is 1. The second-order valence-electron chi connectivity index (χ2n) is 4.62. The van der Waals surface area contributed by atoms with Crippen molar-refractivity contribution in [1.82, 2.24) is 10.2 Å². The summed E-state index contributed by atoms with van der Waals surface area (Å²) in [6, 6.07) is 0.797. The molecule has 0 aliphatic heterocycles. The van der Waals surface area contributed by atoms with E-state index in [2.05, 4.69) is 24.1 Å². The molecule has 1 rings (SSSR count). The Labute approximate surface area is 103 Å². The molecule has 1 saturated carbocycles. The van der Waals surface area contributed by atoms with Crippen LogP contribution < -0.4 is 11.1 Å². The first-order valence-corrected chi connectivity index (χ1v) is 6.21. The zero-order valence-corrected chi connectivity index (χ0v) is 10.8. The normalized spacial score (nSPS) is 15.5. The number of hydrogen-bond acceptors (Lipinski definition) is 3. The summed E-state index contributed by atoms with van der Waals surface area (Å²) >= 11 is 4.89. The molecule has 16 heavy (non-hydrogen) atoms. The molecule has 92 valence electrons. The molecular formula is C11H21N3OS. The highest BCUT2D eigenvalue weighted by molar-refractivity contribution is 7.80. The summed E-state index contributed by atoms with van der Waals surface area (Å²) in [6.45, 7) is 5.46. The van der Waals surface area contributed by atoms with Gasteiger partial charge in [0.15, 0.2) is 0 Å². The van der Waals surface area contributed by atoms with Gasteiger partial charge in [0.25, 0.3) is 0 Å². The molecule has 5 heteroatoms. The van der Waals surface area contributed by atoms with Crippen molar-refractivity contribution in [3.8, 4) is 0 Å². The standard InChI is InChI=1S/C11H21N3OS/c1-8(2)14(7-10(12)16)6-5-11(15)13-9-3-4-9/h8-9H,3-7H2,1-2H3,(H2,12,16)(H,13,15). The Kier molecular flexibility index (Phi) is 5.15. The van der Waals surface area contributed by atoms with Gasteiger partial charge in [-0.2, -0.15) is 0 Å². The summed E-state index contributed by atoms with van der Waals surface area (Å²) < 4.78 is 0.